The molecule has 13 heavy (non-hydrogen) atoms. The van der Waals surface area contributed by atoms with E-state index >= 15 is 0 Å². The summed E-state index contributed by atoms with van der Waals surface area (Å²) in [5, 5.41) is 1.12. The standard InChI is InChI=1S/C11H12N2/c1-2-8-5-9-6-10(12)3-4-11(9)13-7-8/h3-7H,2,12H2,1H3. The minimum Gasteiger partial charge on any atom is -0.399 e. The molecule has 66 valence electrons. The average molecular weight is 172 g/mol. The van der Waals surface area contributed by atoms with E-state index in [1.165, 1.54) is 5.56 Å². The highest BCUT2D eigenvalue weighted by molar-refractivity contribution is 5.82. The average Bonchev–Trinajstić information content (AvgIpc) is 2.16. The van der Waals surface area contributed by atoms with Crippen molar-refractivity contribution in [3.05, 3.63) is 36.0 Å². The SMILES string of the molecule is CCc1cnc2ccc(N)cc2c1. The molecular weight excluding hydrogens is 160 g/mol. The third-order valence-electron chi connectivity index (χ3n) is 2.17. The zero-order valence-corrected chi connectivity index (χ0v) is 7.62. The first-order chi connectivity index (χ1) is 6.29. The van der Waals surface area contributed by atoms with Crippen molar-refractivity contribution >= 4 is 16.6 Å². The molecule has 0 amide bonds. The van der Waals surface area contributed by atoms with Crippen molar-refractivity contribution in [3.8, 4) is 0 Å². The molecule has 2 aromatic rings. The van der Waals surface area contributed by atoms with Gasteiger partial charge >= 0.3 is 0 Å². The lowest BCUT2D eigenvalue weighted by molar-refractivity contribution is 1.12. The zero-order chi connectivity index (χ0) is 9.26. The predicted octanol–water partition coefficient (Wildman–Crippen LogP) is 2.38. The molecule has 0 aliphatic carbocycles. The Balaban J connectivity index is 2.68. The van der Waals surface area contributed by atoms with Crippen molar-refractivity contribution < 1.29 is 0 Å². The summed E-state index contributed by atoms with van der Waals surface area (Å²) in [6, 6.07) is 7.92. The fourth-order valence-corrected chi connectivity index (χ4v) is 1.39. The van der Waals surface area contributed by atoms with Gasteiger partial charge in [-0.05, 0) is 36.2 Å². The number of hydrogen-bond acceptors (Lipinski definition) is 2. The molecule has 2 nitrogen and oxygen atoms in total. The number of rotatable bonds is 1. The number of fused-ring (bicyclic) bond motifs is 1. The third-order valence-corrected chi connectivity index (χ3v) is 2.17. The molecule has 0 aliphatic rings. The summed E-state index contributed by atoms with van der Waals surface area (Å²) in [4.78, 5) is 4.34. The molecule has 0 unspecified atom stereocenters. The highest BCUT2D eigenvalue weighted by Gasteiger charge is 1.96. The summed E-state index contributed by atoms with van der Waals surface area (Å²) in [5.41, 5.74) is 8.74. The Bertz CT molecular complexity index is 435. The number of aryl methyl sites for hydroxylation is 1. The summed E-state index contributed by atoms with van der Waals surface area (Å²) in [6.45, 7) is 2.12. The van der Waals surface area contributed by atoms with Gasteiger partial charge in [0.2, 0.25) is 0 Å². The fourth-order valence-electron chi connectivity index (χ4n) is 1.39. The summed E-state index contributed by atoms with van der Waals surface area (Å²) >= 11 is 0. The van der Waals surface area contributed by atoms with Crippen LogP contribution in [0.3, 0.4) is 0 Å². The van der Waals surface area contributed by atoms with Crippen molar-refractivity contribution in [3.63, 3.8) is 0 Å². The van der Waals surface area contributed by atoms with Crippen LogP contribution in [0.25, 0.3) is 10.9 Å². The van der Waals surface area contributed by atoms with Crippen LogP contribution >= 0.6 is 0 Å². The Morgan fingerprint density at radius 1 is 1.31 bits per heavy atom. The topological polar surface area (TPSA) is 38.9 Å². The fraction of sp³-hybridized carbons (Fsp3) is 0.182. The van der Waals surface area contributed by atoms with Gasteiger partial charge in [0.05, 0.1) is 5.52 Å². The van der Waals surface area contributed by atoms with E-state index in [-0.39, 0.29) is 0 Å². The molecule has 1 aromatic heterocycles. The van der Waals surface area contributed by atoms with Gasteiger partial charge in [-0.1, -0.05) is 6.92 Å². The van der Waals surface area contributed by atoms with Crippen LogP contribution in [-0.2, 0) is 6.42 Å². The molecular formula is C11H12N2. The predicted molar refractivity (Wildman–Crippen MR) is 55.5 cm³/mol. The summed E-state index contributed by atoms with van der Waals surface area (Å²) in [7, 11) is 0. The number of aromatic nitrogens is 1. The Morgan fingerprint density at radius 2 is 2.15 bits per heavy atom. The summed E-state index contributed by atoms with van der Waals surface area (Å²) in [6.07, 6.45) is 2.93. The van der Waals surface area contributed by atoms with Crippen LogP contribution in [0.5, 0.6) is 0 Å². The molecule has 0 radical (unpaired) electrons. The van der Waals surface area contributed by atoms with Crippen LogP contribution in [-0.4, -0.2) is 4.98 Å². The van der Waals surface area contributed by atoms with E-state index < -0.39 is 0 Å². The van der Waals surface area contributed by atoms with E-state index in [1.807, 2.05) is 24.4 Å². The van der Waals surface area contributed by atoms with E-state index in [9.17, 15) is 0 Å². The first-order valence-electron chi connectivity index (χ1n) is 4.44. The number of benzene rings is 1. The maximum atomic E-state index is 5.69. The van der Waals surface area contributed by atoms with Gasteiger partial charge in [-0.2, -0.15) is 0 Å². The van der Waals surface area contributed by atoms with Gasteiger partial charge in [-0.25, -0.2) is 0 Å². The zero-order valence-electron chi connectivity index (χ0n) is 7.62. The summed E-state index contributed by atoms with van der Waals surface area (Å²) < 4.78 is 0. The molecule has 2 N–H and O–H groups in total. The normalized spacial score (nSPS) is 10.5. The van der Waals surface area contributed by atoms with Crippen LogP contribution < -0.4 is 5.73 Å². The number of anilines is 1. The molecule has 0 saturated carbocycles. The van der Waals surface area contributed by atoms with Gasteiger partial charge in [-0.3, -0.25) is 4.98 Å². The van der Waals surface area contributed by atoms with E-state index in [1.54, 1.807) is 0 Å². The Hall–Kier alpha value is -1.57. The first-order valence-corrected chi connectivity index (χ1v) is 4.44. The minimum absolute atomic E-state index is 0.794. The highest BCUT2D eigenvalue weighted by atomic mass is 14.7. The van der Waals surface area contributed by atoms with Gasteiger partial charge < -0.3 is 5.73 Å². The summed E-state index contributed by atoms with van der Waals surface area (Å²) in [5.74, 6) is 0. The van der Waals surface area contributed by atoms with Crippen LogP contribution in [0.15, 0.2) is 30.5 Å². The second-order valence-electron chi connectivity index (χ2n) is 3.15. The van der Waals surface area contributed by atoms with E-state index in [2.05, 4.69) is 18.0 Å². The smallest absolute Gasteiger partial charge is 0.0703 e. The van der Waals surface area contributed by atoms with E-state index in [0.29, 0.717) is 0 Å². The Morgan fingerprint density at radius 3 is 2.92 bits per heavy atom. The molecule has 0 fully saturated rings. The third kappa shape index (κ3) is 1.47. The molecule has 2 heteroatoms. The van der Waals surface area contributed by atoms with Crippen molar-refractivity contribution in [1.82, 2.24) is 4.98 Å². The second kappa shape index (κ2) is 3.05. The van der Waals surface area contributed by atoms with Crippen LogP contribution in [0, 0.1) is 0 Å². The Kier molecular flexibility index (Phi) is 1.89. The Labute approximate surface area is 77.4 Å². The number of nitrogen functional groups attached to an aromatic ring is 1. The monoisotopic (exact) mass is 172 g/mol. The molecule has 0 atom stereocenters. The molecule has 0 spiro atoms. The van der Waals surface area contributed by atoms with Crippen molar-refractivity contribution in [2.45, 2.75) is 13.3 Å². The molecule has 0 aliphatic heterocycles. The van der Waals surface area contributed by atoms with Crippen LogP contribution in [0.4, 0.5) is 5.69 Å². The lowest BCUT2D eigenvalue weighted by Gasteiger charge is -2.00. The van der Waals surface area contributed by atoms with Gasteiger partial charge in [0.25, 0.3) is 0 Å². The van der Waals surface area contributed by atoms with Crippen LogP contribution in [0.2, 0.25) is 0 Å². The number of nitrogens with two attached hydrogens (primary N) is 1. The number of nitrogens with zero attached hydrogens (tertiary/aromatic N) is 1. The van der Waals surface area contributed by atoms with Crippen molar-refractivity contribution in [1.29, 1.82) is 0 Å². The second-order valence-corrected chi connectivity index (χ2v) is 3.15. The van der Waals surface area contributed by atoms with Crippen molar-refractivity contribution in [2.75, 3.05) is 5.73 Å². The molecule has 1 heterocycles. The molecule has 1 aromatic carbocycles. The molecule has 2 rings (SSSR count). The lowest BCUT2D eigenvalue weighted by atomic mass is 10.1. The number of hydrogen-bond donors (Lipinski definition) is 1. The molecule has 0 saturated heterocycles. The largest absolute Gasteiger partial charge is 0.399 e. The minimum atomic E-state index is 0.794. The van der Waals surface area contributed by atoms with E-state index in [0.717, 1.165) is 23.0 Å². The van der Waals surface area contributed by atoms with E-state index in [4.69, 9.17) is 5.73 Å². The maximum Gasteiger partial charge on any atom is 0.0703 e. The maximum absolute atomic E-state index is 5.69. The molecule has 0 bridgehead atoms. The van der Waals surface area contributed by atoms with Gasteiger partial charge in [0.1, 0.15) is 0 Å². The lowest BCUT2D eigenvalue weighted by Crippen LogP contribution is -1.87. The van der Waals surface area contributed by atoms with Gasteiger partial charge in [0.15, 0.2) is 0 Å². The van der Waals surface area contributed by atoms with Gasteiger partial charge in [-0.15, -0.1) is 0 Å². The van der Waals surface area contributed by atoms with Gasteiger partial charge in [0, 0.05) is 17.3 Å². The van der Waals surface area contributed by atoms with Crippen molar-refractivity contribution in [2.24, 2.45) is 0 Å². The number of pyridine rings is 1. The first kappa shape index (κ1) is 8.05. The quantitative estimate of drug-likeness (QED) is 0.671. The van der Waals surface area contributed by atoms with Crippen LogP contribution in [0.1, 0.15) is 12.5 Å². The highest BCUT2D eigenvalue weighted by Crippen LogP contribution is 2.16.